The van der Waals surface area contributed by atoms with Crippen LogP contribution in [0.5, 0.6) is 0 Å². The van der Waals surface area contributed by atoms with E-state index in [0.717, 1.165) is 31.9 Å². The van der Waals surface area contributed by atoms with Gasteiger partial charge in [0.25, 0.3) is 0 Å². The van der Waals surface area contributed by atoms with Crippen molar-refractivity contribution in [1.29, 1.82) is 0 Å². The van der Waals surface area contributed by atoms with Crippen LogP contribution in [0.4, 0.5) is 0 Å². The van der Waals surface area contributed by atoms with E-state index in [4.69, 9.17) is 9.15 Å². The maximum absolute atomic E-state index is 5.12. The zero-order valence-corrected chi connectivity index (χ0v) is 13.1. The second-order valence-electron chi connectivity index (χ2n) is 4.86. The van der Waals surface area contributed by atoms with E-state index in [9.17, 15) is 0 Å². The Morgan fingerprint density at radius 2 is 2.11 bits per heavy atom. The van der Waals surface area contributed by atoms with Gasteiger partial charge in [0.2, 0.25) is 0 Å². The molecule has 2 unspecified atom stereocenters. The lowest BCUT2D eigenvalue weighted by Gasteiger charge is -2.19. The summed E-state index contributed by atoms with van der Waals surface area (Å²) in [7, 11) is 0. The van der Waals surface area contributed by atoms with Crippen LogP contribution in [-0.2, 0) is 4.74 Å². The van der Waals surface area contributed by atoms with Crippen LogP contribution in [0.1, 0.15) is 59.1 Å². The predicted molar refractivity (Wildman–Crippen MR) is 79.5 cm³/mol. The standard InChI is InChI=1S/C7H11NO.C5H11NO.C3H8/c1-3-6(2)7-4-9-5-8-7;1-5-4-7-3-2-6-5;1-3-2/h4-6H,3H2,1-2H3;5-6H,2-4H2,1H3;3H2,1-2H3. The van der Waals surface area contributed by atoms with Gasteiger partial charge in [-0.2, -0.15) is 0 Å². The Bertz CT molecular complexity index is 270. The Morgan fingerprint density at radius 3 is 2.42 bits per heavy atom. The first-order valence-electron chi connectivity index (χ1n) is 7.34. The van der Waals surface area contributed by atoms with Gasteiger partial charge in [-0.3, -0.25) is 0 Å². The maximum Gasteiger partial charge on any atom is 0.180 e. The van der Waals surface area contributed by atoms with E-state index >= 15 is 0 Å². The highest BCUT2D eigenvalue weighted by molar-refractivity contribution is 4.98. The highest BCUT2D eigenvalue weighted by Crippen LogP contribution is 2.14. The smallest absolute Gasteiger partial charge is 0.180 e. The molecule has 1 aromatic heterocycles. The third-order valence-electron chi connectivity index (χ3n) is 2.68. The first-order chi connectivity index (χ1) is 9.15. The van der Waals surface area contributed by atoms with Crippen LogP contribution >= 0.6 is 0 Å². The molecular formula is C15H30N2O2. The summed E-state index contributed by atoms with van der Waals surface area (Å²) in [4.78, 5) is 4.02. The number of ether oxygens (including phenoxy) is 1. The Kier molecular flexibility index (Phi) is 11.6. The molecule has 0 spiro atoms. The number of oxazole rings is 1. The SMILES string of the molecule is CC1COCCN1.CCC.CCC(C)c1cocn1. The molecule has 4 heteroatoms. The lowest BCUT2D eigenvalue weighted by Crippen LogP contribution is -2.38. The summed E-state index contributed by atoms with van der Waals surface area (Å²) in [5.41, 5.74) is 1.05. The van der Waals surface area contributed by atoms with E-state index in [0.29, 0.717) is 12.0 Å². The minimum atomic E-state index is 0.531. The number of rotatable bonds is 2. The van der Waals surface area contributed by atoms with Gasteiger partial charge in [-0.1, -0.05) is 34.1 Å². The molecule has 2 heterocycles. The molecular weight excluding hydrogens is 240 g/mol. The Balaban J connectivity index is 0.000000289. The zero-order valence-electron chi connectivity index (χ0n) is 13.1. The van der Waals surface area contributed by atoms with Crippen molar-refractivity contribution in [3.63, 3.8) is 0 Å². The molecule has 0 saturated carbocycles. The summed E-state index contributed by atoms with van der Waals surface area (Å²) in [5, 5.41) is 3.26. The average molecular weight is 270 g/mol. The molecule has 1 aliphatic rings. The van der Waals surface area contributed by atoms with E-state index in [1.54, 1.807) is 6.26 Å². The van der Waals surface area contributed by atoms with Crippen molar-refractivity contribution in [2.75, 3.05) is 19.8 Å². The van der Waals surface area contributed by atoms with Gasteiger partial charge < -0.3 is 14.5 Å². The molecule has 4 nitrogen and oxygen atoms in total. The molecule has 1 aliphatic heterocycles. The summed E-state index contributed by atoms with van der Waals surface area (Å²) in [5.74, 6) is 0.531. The van der Waals surface area contributed by atoms with Gasteiger partial charge in [0.1, 0.15) is 6.26 Å². The van der Waals surface area contributed by atoms with Crippen LogP contribution < -0.4 is 5.32 Å². The van der Waals surface area contributed by atoms with E-state index in [-0.39, 0.29) is 0 Å². The van der Waals surface area contributed by atoms with Crippen molar-refractivity contribution < 1.29 is 9.15 Å². The van der Waals surface area contributed by atoms with E-state index in [2.05, 4.69) is 44.9 Å². The monoisotopic (exact) mass is 270 g/mol. The van der Waals surface area contributed by atoms with E-state index < -0.39 is 0 Å². The molecule has 1 saturated heterocycles. The fraction of sp³-hybridized carbons (Fsp3) is 0.800. The summed E-state index contributed by atoms with van der Waals surface area (Å²) < 4.78 is 9.95. The summed E-state index contributed by atoms with van der Waals surface area (Å²) in [6, 6.07) is 0.564. The average Bonchev–Trinajstić information content (AvgIpc) is 2.94. The fourth-order valence-electron chi connectivity index (χ4n) is 1.37. The van der Waals surface area contributed by atoms with Crippen LogP contribution in [0.3, 0.4) is 0 Å². The topological polar surface area (TPSA) is 47.3 Å². The van der Waals surface area contributed by atoms with Gasteiger partial charge in [-0.05, 0) is 13.3 Å². The first kappa shape index (κ1) is 18.1. The number of morpholine rings is 1. The van der Waals surface area contributed by atoms with Crippen molar-refractivity contribution in [3.05, 3.63) is 18.4 Å². The minimum absolute atomic E-state index is 0.531. The molecule has 1 N–H and O–H groups in total. The van der Waals surface area contributed by atoms with E-state index in [1.165, 1.54) is 12.8 Å². The van der Waals surface area contributed by atoms with E-state index in [1.807, 2.05) is 0 Å². The highest BCUT2D eigenvalue weighted by atomic mass is 16.5. The molecule has 0 amide bonds. The summed E-state index contributed by atoms with van der Waals surface area (Å²) in [6.45, 7) is 13.4. The number of nitrogens with zero attached hydrogens (tertiary/aromatic N) is 1. The van der Waals surface area contributed by atoms with Gasteiger partial charge >= 0.3 is 0 Å². The van der Waals surface area contributed by atoms with Gasteiger partial charge in [0, 0.05) is 18.5 Å². The van der Waals surface area contributed by atoms with Gasteiger partial charge in [0.05, 0.1) is 18.9 Å². The van der Waals surface area contributed by atoms with Crippen LogP contribution in [0.2, 0.25) is 0 Å². The molecule has 1 fully saturated rings. The van der Waals surface area contributed by atoms with Crippen molar-refractivity contribution in [2.24, 2.45) is 0 Å². The lowest BCUT2D eigenvalue weighted by molar-refractivity contribution is 0.0824. The quantitative estimate of drug-likeness (QED) is 0.892. The molecule has 2 rings (SSSR count). The molecule has 0 aromatic carbocycles. The molecule has 0 bridgehead atoms. The Morgan fingerprint density at radius 1 is 1.42 bits per heavy atom. The largest absolute Gasteiger partial charge is 0.451 e. The minimum Gasteiger partial charge on any atom is -0.451 e. The van der Waals surface area contributed by atoms with Crippen molar-refractivity contribution in [2.45, 2.75) is 59.4 Å². The predicted octanol–water partition coefficient (Wildman–Crippen LogP) is 3.60. The number of hydrogen-bond donors (Lipinski definition) is 1. The first-order valence-corrected chi connectivity index (χ1v) is 7.34. The molecule has 0 aliphatic carbocycles. The second-order valence-corrected chi connectivity index (χ2v) is 4.86. The van der Waals surface area contributed by atoms with Crippen LogP contribution in [0, 0.1) is 0 Å². The molecule has 2 atom stereocenters. The third-order valence-corrected chi connectivity index (χ3v) is 2.68. The van der Waals surface area contributed by atoms with Crippen molar-refractivity contribution >= 4 is 0 Å². The Labute approximate surface area is 117 Å². The van der Waals surface area contributed by atoms with Gasteiger partial charge in [-0.15, -0.1) is 0 Å². The van der Waals surface area contributed by atoms with Gasteiger partial charge in [-0.25, -0.2) is 4.98 Å². The second kappa shape index (κ2) is 12.2. The van der Waals surface area contributed by atoms with Crippen LogP contribution in [0.15, 0.2) is 17.1 Å². The molecule has 0 radical (unpaired) electrons. The maximum atomic E-state index is 5.12. The lowest BCUT2D eigenvalue weighted by atomic mass is 10.1. The fourth-order valence-corrected chi connectivity index (χ4v) is 1.37. The van der Waals surface area contributed by atoms with Crippen LogP contribution in [0.25, 0.3) is 0 Å². The molecule has 112 valence electrons. The number of aromatic nitrogens is 1. The summed E-state index contributed by atoms with van der Waals surface area (Å²) in [6.07, 6.45) is 5.54. The van der Waals surface area contributed by atoms with Crippen molar-refractivity contribution in [3.8, 4) is 0 Å². The summed E-state index contributed by atoms with van der Waals surface area (Å²) >= 11 is 0. The van der Waals surface area contributed by atoms with Crippen molar-refractivity contribution in [1.82, 2.24) is 10.3 Å². The zero-order chi connectivity index (χ0) is 14.5. The third kappa shape index (κ3) is 9.68. The Hall–Kier alpha value is -0.870. The van der Waals surface area contributed by atoms with Gasteiger partial charge in [0.15, 0.2) is 6.39 Å². The van der Waals surface area contributed by atoms with Crippen LogP contribution in [-0.4, -0.2) is 30.8 Å². The molecule has 19 heavy (non-hydrogen) atoms. The normalized spacial score (nSPS) is 19.5. The molecule has 1 aromatic rings. The number of hydrogen-bond acceptors (Lipinski definition) is 4. The number of nitrogens with one attached hydrogen (secondary N) is 1. The highest BCUT2D eigenvalue weighted by Gasteiger charge is 2.04.